The minimum atomic E-state index is -1.04. The van der Waals surface area contributed by atoms with Crippen molar-refractivity contribution in [2.45, 2.75) is 33.2 Å². The number of hydrogen-bond donors (Lipinski definition) is 3. The Morgan fingerprint density at radius 2 is 1.94 bits per heavy atom. The predicted molar refractivity (Wildman–Crippen MR) is 67.9 cm³/mol. The summed E-state index contributed by atoms with van der Waals surface area (Å²) in [6, 6.07) is 1.14. The van der Waals surface area contributed by atoms with Crippen molar-refractivity contribution in [1.82, 2.24) is 5.32 Å². The number of carbonyl (C=O) groups excluding carboxylic acids is 1. The summed E-state index contributed by atoms with van der Waals surface area (Å²) in [4.78, 5) is 23.4. The fourth-order valence-corrected chi connectivity index (χ4v) is 2.14. The third-order valence-electron chi connectivity index (χ3n) is 1.80. The highest BCUT2D eigenvalue weighted by Crippen LogP contribution is 2.27. The highest BCUT2D eigenvalue weighted by molar-refractivity contribution is 7.16. The van der Waals surface area contributed by atoms with Gasteiger partial charge in [-0.2, -0.15) is 0 Å². The van der Waals surface area contributed by atoms with Crippen LogP contribution in [0, 0.1) is 6.92 Å². The maximum Gasteiger partial charge on any atom is 0.338 e. The lowest BCUT2D eigenvalue weighted by Gasteiger charge is -2.20. The first-order valence-electron chi connectivity index (χ1n) is 5.12. The molecule has 0 aliphatic heterocycles. The molecule has 17 heavy (non-hydrogen) atoms. The van der Waals surface area contributed by atoms with Crippen LogP contribution in [0.15, 0.2) is 6.07 Å². The summed E-state index contributed by atoms with van der Waals surface area (Å²) in [6.45, 7) is 7.35. The van der Waals surface area contributed by atoms with Gasteiger partial charge in [-0.15, -0.1) is 11.3 Å². The van der Waals surface area contributed by atoms with Crippen LogP contribution in [0.3, 0.4) is 0 Å². The summed E-state index contributed by atoms with van der Waals surface area (Å²) in [5.41, 5.74) is -0.240. The molecule has 0 saturated carbocycles. The molecule has 0 bridgehead atoms. The summed E-state index contributed by atoms with van der Waals surface area (Å²) in [5.74, 6) is -1.04. The maximum atomic E-state index is 11.6. The summed E-state index contributed by atoms with van der Waals surface area (Å²) in [7, 11) is 0. The van der Waals surface area contributed by atoms with E-state index < -0.39 is 12.0 Å². The van der Waals surface area contributed by atoms with E-state index in [1.165, 1.54) is 11.3 Å². The summed E-state index contributed by atoms with van der Waals surface area (Å²) >= 11 is 1.24. The number of hydrogen-bond acceptors (Lipinski definition) is 3. The van der Waals surface area contributed by atoms with Gasteiger partial charge in [0.2, 0.25) is 0 Å². The van der Waals surface area contributed by atoms with Gasteiger partial charge in [-0.05, 0) is 33.8 Å². The predicted octanol–water partition coefficient (Wildman–Crippen LogP) is 2.67. The summed E-state index contributed by atoms with van der Waals surface area (Å²) in [6.07, 6.45) is 0. The van der Waals surface area contributed by atoms with E-state index in [0.717, 1.165) is 4.88 Å². The van der Waals surface area contributed by atoms with E-state index >= 15 is 0 Å². The van der Waals surface area contributed by atoms with E-state index in [4.69, 9.17) is 5.11 Å². The van der Waals surface area contributed by atoms with Gasteiger partial charge in [0.05, 0.1) is 5.56 Å². The van der Waals surface area contributed by atoms with Crippen LogP contribution >= 0.6 is 11.3 Å². The van der Waals surface area contributed by atoms with Crippen LogP contribution in [0.25, 0.3) is 0 Å². The lowest BCUT2D eigenvalue weighted by Crippen LogP contribution is -2.43. The van der Waals surface area contributed by atoms with Crippen LogP contribution in [-0.2, 0) is 0 Å². The number of nitrogens with one attached hydrogen (secondary N) is 2. The third kappa shape index (κ3) is 4.07. The van der Waals surface area contributed by atoms with Gasteiger partial charge < -0.3 is 10.4 Å². The van der Waals surface area contributed by atoms with Crippen molar-refractivity contribution in [3.05, 3.63) is 16.5 Å². The molecule has 0 aromatic carbocycles. The first-order valence-corrected chi connectivity index (χ1v) is 5.93. The lowest BCUT2D eigenvalue weighted by atomic mass is 10.1. The number of rotatable bonds is 2. The fourth-order valence-electron chi connectivity index (χ4n) is 1.24. The number of anilines is 1. The van der Waals surface area contributed by atoms with Gasteiger partial charge >= 0.3 is 12.0 Å². The second-order valence-electron chi connectivity index (χ2n) is 4.73. The maximum absolute atomic E-state index is 11.6. The van der Waals surface area contributed by atoms with Crippen LogP contribution in [-0.4, -0.2) is 22.6 Å². The molecule has 1 rings (SSSR count). The van der Waals surface area contributed by atoms with Crippen LogP contribution in [0.2, 0.25) is 0 Å². The van der Waals surface area contributed by atoms with Gasteiger partial charge in [0, 0.05) is 10.4 Å². The molecule has 1 heterocycles. The van der Waals surface area contributed by atoms with E-state index in [1.807, 2.05) is 20.8 Å². The van der Waals surface area contributed by atoms with Gasteiger partial charge in [0.25, 0.3) is 0 Å². The average Bonchev–Trinajstić information content (AvgIpc) is 2.42. The molecule has 1 aromatic rings. The third-order valence-corrected chi connectivity index (χ3v) is 2.77. The van der Waals surface area contributed by atoms with Gasteiger partial charge in [-0.25, -0.2) is 9.59 Å². The molecule has 0 radical (unpaired) electrons. The Labute approximate surface area is 104 Å². The fraction of sp³-hybridized carbons (Fsp3) is 0.455. The summed E-state index contributed by atoms with van der Waals surface area (Å²) in [5, 5.41) is 14.6. The molecule has 0 spiro atoms. The molecule has 0 fully saturated rings. The topological polar surface area (TPSA) is 78.4 Å². The van der Waals surface area contributed by atoms with Crippen LogP contribution in [0.5, 0.6) is 0 Å². The van der Waals surface area contributed by atoms with Gasteiger partial charge in [0.15, 0.2) is 0 Å². The number of aromatic carboxylic acids is 1. The van der Waals surface area contributed by atoms with E-state index in [9.17, 15) is 9.59 Å². The molecule has 94 valence electrons. The van der Waals surface area contributed by atoms with E-state index in [2.05, 4.69) is 10.6 Å². The zero-order valence-electron chi connectivity index (χ0n) is 10.2. The van der Waals surface area contributed by atoms with Gasteiger partial charge in [-0.3, -0.25) is 5.32 Å². The molecule has 0 atom stereocenters. The number of urea groups is 1. The molecule has 0 aliphatic carbocycles. The van der Waals surface area contributed by atoms with E-state index in [1.54, 1.807) is 13.0 Å². The van der Waals surface area contributed by atoms with Crippen molar-refractivity contribution in [3.63, 3.8) is 0 Å². The first-order chi connectivity index (χ1) is 7.69. The van der Waals surface area contributed by atoms with Crippen LogP contribution in [0.4, 0.5) is 9.80 Å². The van der Waals surface area contributed by atoms with Crippen molar-refractivity contribution < 1.29 is 14.7 Å². The highest BCUT2D eigenvalue weighted by Gasteiger charge is 2.18. The molecule has 2 amide bonds. The Balaban J connectivity index is 2.81. The molecule has 6 heteroatoms. The lowest BCUT2D eigenvalue weighted by molar-refractivity contribution is 0.0698. The summed E-state index contributed by atoms with van der Waals surface area (Å²) < 4.78 is 0. The molecule has 0 saturated heterocycles. The second-order valence-corrected chi connectivity index (χ2v) is 5.99. The average molecular weight is 256 g/mol. The molecule has 1 aromatic heterocycles. The Bertz CT molecular complexity index is 446. The zero-order chi connectivity index (χ0) is 13.2. The Morgan fingerprint density at radius 3 is 2.41 bits per heavy atom. The Hall–Kier alpha value is -1.56. The molecule has 5 nitrogen and oxygen atoms in total. The highest BCUT2D eigenvalue weighted by atomic mass is 32.1. The van der Waals surface area contributed by atoms with Crippen molar-refractivity contribution >= 4 is 28.3 Å². The zero-order valence-corrected chi connectivity index (χ0v) is 11.1. The Morgan fingerprint density at radius 1 is 1.35 bits per heavy atom. The van der Waals surface area contributed by atoms with E-state index in [-0.39, 0.29) is 11.1 Å². The quantitative estimate of drug-likeness (QED) is 0.761. The molecule has 0 unspecified atom stereocenters. The SMILES string of the molecule is Cc1cc(C(=O)O)c(NC(=O)NC(C)(C)C)s1. The minimum Gasteiger partial charge on any atom is -0.478 e. The van der Waals surface area contributed by atoms with Crippen LogP contribution < -0.4 is 10.6 Å². The molecular weight excluding hydrogens is 240 g/mol. The van der Waals surface area contributed by atoms with Gasteiger partial charge in [-0.1, -0.05) is 0 Å². The standard InChI is InChI=1S/C11H16N2O3S/c1-6-5-7(9(14)15)8(17-6)12-10(16)13-11(2,3)4/h5H,1-4H3,(H,14,15)(H2,12,13,16). The van der Waals surface area contributed by atoms with Crippen molar-refractivity contribution in [1.29, 1.82) is 0 Å². The number of carbonyl (C=O) groups is 2. The minimum absolute atomic E-state index is 0.122. The number of carboxylic acids is 1. The van der Waals surface area contributed by atoms with Crippen molar-refractivity contribution in [2.24, 2.45) is 0 Å². The monoisotopic (exact) mass is 256 g/mol. The second kappa shape index (κ2) is 4.75. The van der Waals surface area contributed by atoms with Crippen LogP contribution in [0.1, 0.15) is 36.0 Å². The van der Waals surface area contributed by atoms with E-state index in [0.29, 0.717) is 5.00 Å². The normalized spacial score (nSPS) is 11.1. The number of aryl methyl sites for hydroxylation is 1. The number of thiophene rings is 1. The van der Waals surface area contributed by atoms with Crippen molar-refractivity contribution in [2.75, 3.05) is 5.32 Å². The van der Waals surface area contributed by atoms with Gasteiger partial charge in [0.1, 0.15) is 5.00 Å². The smallest absolute Gasteiger partial charge is 0.338 e. The molecule has 3 N–H and O–H groups in total. The largest absolute Gasteiger partial charge is 0.478 e. The molecule has 0 aliphatic rings. The number of amides is 2. The Kier molecular flexibility index (Phi) is 3.77. The first kappa shape index (κ1) is 13.5. The van der Waals surface area contributed by atoms with Crippen molar-refractivity contribution in [3.8, 4) is 0 Å². The number of carboxylic acid groups (broad SMARTS) is 1. The molecular formula is C11H16N2O3S.